The number of hydrogen-bond donors (Lipinski definition) is 1. The fourth-order valence-corrected chi connectivity index (χ4v) is 2.66. The Labute approximate surface area is 123 Å². The number of carbonyl (C=O) groups is 2. The number of carboxylic acid groups (broad SMARTS) is 1. The van der Waals surface area contributed by atoms with Gasteiger partial charge < -0.3 is 14.7 Å². The van der Waals surface area contributed by atoms with Gasteiger partial charge in [-0.25, -0.2) is 0 Å². The summed E-state index contributed by atoms with van der Waals surface area (Å²) in [5.41, 5.74) is 1.32. The SMILES string of the molecule is CCc1cc(C(=O)N(CC)C2COCC2C(=O)O)n(C)n1. The van der Waals surface area contributed by atoms with E-state index < -0.39 is 17.9 Å². The van der Waals surface area contributed by atoms with Crippen molar-refractivity contribution in [2.24, 2.45) is 13.0 Å². The van der Waals surface area contributed by atoms with Crippen LogP contribution in [0.4, 0.5) is 0 Å². The summed E-state index contributed by atoms with van der Waals surface area (Å²) in [5, 5.41) is 13.5. The number of aliphatic carboxylic acids is 1. The summed E-state index contributed by atoms with van der Waals surface area (Å²) in [7, 11) is 1.72. The summed E-state index contributed by atoms with van der Waals surface area (Å²) in [6.45, 7) is 4.65. The first-order valence-corrected chi connectivity index (χ1v) is 7.14. The molecule has 2 atom stereocenters. The van der Waals surface area contributed by atoms with Crippen LogP contribution in [0.5, 0.6) is 0 Å². The predicted octanol–water partition coefficient (Wildman–Crippen LogP) is 0.544. The lowest BCUT2D eigenvalue weighted by Gasteiger charge is -2.29. The van der Waals surface area contributed by atoms with Gasteiger partial charge in [0.2, 0.25) is 0 Å². The van der Waals surface area contributed by atoms with Crippen molar-refractivity contribution in [3.63, 3.8) is 0 Å². The van der Waals surface area contributed by atoms with Crippen LogP contribution in [-0.4, -0.2) is 57.5 Å². The molecule has 0 saturated carbocycles. The van der Waals surface area contributed by atoms with Crippen LogP contribution >= 0.6 is 0 Å². The van der Waals surface area contributed by atoms with Crippen molar-refractivity contribution in [1.29, 1.82) is 0 Å². The highest BCUT2D eigenvalue weighted by Crippen LogP contribution is 2.22. The minimum Gasteiger partial charge on any atom is -0.481 e. The zero-order valence-electron chi connectivity index (χ0n) is 12.6. The molecule has 1 aliphatic rings. The topological polar surface area (TPSA) is 84.7 Å². The highest BCUT2D eigenvalue weighted by atomic mass is 16.5. The molecule has 1 aliphatic heterocycles. The summed E-state index contributed by atoms with van der Waals surface area (Å²) in [6, 6.07) is 1.33. The smallest absolute Gasteiger partial charge is 0.311 e. The molecule has 1 saturated heterocycles. The lowest BCUT2D eigenvalue weighted by Crippen LogP contribution is -2.46. The van der Waals surface area contributed by atoms with Crippen molar-refractivity contribution in [3.05, 3.63) is 17.5 Å². The molecule has 0 bridgehead atoms. The van der Waals surface area contributed by atoms with E-state index >= 15 is 0 Å². The van der Waals surface area contributed by atoms with Crippen LogP contribution in [-0.2, 0) is 23.0 Å². The second-order valence-electron chi connectivity index (χ2n) is 5.14. The molecule has 2 heterocycles. The zero-order valence-corrected chi connectivity index (χ0v) is 12.6. The molecular formula is C14H21N3O4. The highest BCUT2D eigenvalue weighted by Gasteiger charge is 2.40. The van der Waals surface area contributed by atoms with Gasteiger partial charge in [0.05, 0.1) is 24.9 Å². The average Bonchev–Trinajstić information content (AvgIpc) is 3.06. The van der Waals surface area contributed by atoms with E-state index in [4.69, 9.17) is 4.74 Å². The molecule has 0 aliphatic carbocycles. The number of aryl methyl sites for hydroxylation is 2. The maximum Gasteiger partial charge on any atom is 0.311 e. The molecule has 1 amide bonds. The van der Waals surface area contributed by atoms with Crippen LogP contribution in [0.3, 0.4) is 0 Å². The third-order valence-corrected chi connectivity index (χ3v) is 3.88. The van der Waals surface area contributed by atoms with Crippen LogP contribution in [0.15, 0.2) is 6.07 Å². The molecule has 0 radical (unpaired) electrons. The maximum absolute atomic E-state index is 12.7. The number of hydrogen-bond acceptors (Lipinski definition) is 4. The number of amides is 1. The number of nitrogens with zero attached hydrogens (tertiary/aromatic N) is 3. The molecule has 0 aromatic carbocycles. The fraction of sp³-hybridized carbons (Fsp3) is 0.643. The molecule has 1 fully saturated rings. The molecule has 7 nitrogen and oxygen atoms in total. The van der Waals surface area contributed by atoms with E-state index in [2.05, 4.69) is 5.10 Å². The summed E-state index contributed by atoms with van der Waals surface area (Å²) in [4.78, 5) is 25.5. The van der Waals surface area contributed by atoms with E-state index in [-0.39, 0.29) is 19.1 Å². The van der Waals surface area contributed by atoms with Gasteiger partial charge in [-0.3, -0.25) is 14.3 Å². The Balaban J connectivity index is 2.26. The molecule has 1 aromatic heterocycles. The lowest BCUT2D eigenvalue weighted by molar-refractivity contribution is -0.142. The van der Waals surface area contributed by atoms with Gasteiger partial charge in [-0.2, -0.15) is 5.10 Å². The largest absolute Gasteiger partial charge is 0.481 e. The Morgan fingerprint density at radius 3 is 2.71 bits per heavy atom. The van der Waals surface area contributed by atoms with E-state index in [1.165, 1.54) is 0 Å². The van der Waals surface area contributed by atoms with Crippen LogP contribution in [0.25, 0.3) is 0 Å². The van der Waals surface area contributed by atoms with Crippen LogP contribution in [0, 0.1) is 5.92 Å². The normalized spacial score (nSPS) is 21.5. The summed E-state index contributed by atoms with van der Waals surface area (Å²) in [6.07, 6.45) is 0.748. The number of ether oxygens (including phenoxy) is 1. The number of carbonyl (C=O) groups excluding carboxylic acids is 1. The fourth-order valence-electron chi connectivity index (χ4n) is 2.66. The third kappa shape index (κ3) is 2.92. The monoisotopic (exact) mass is 295 g/mol. The van der Waals surface area contributed by atoms with Crippen LogP contribution < -0.4 is 0 Å². The van der Waals surface area contributed by atoms with E-state index in [0.29, 0.717) is 12.2 Å². The number of aromatic nitrogens is 2. The molecule has 2 unspecified atom stereocenters. The van der Waals surface area contributed by atoms with Crippen molar-refractivity contribution in [2.45, 2.75) is 26.3 Å². The van der Waals surface area contributed by atoms with Crippen LogP contribution in [0.1, 0.15) is 30.0 Å². The lowest BCUT2D eigenvalue weighted by atomic mass is 10.0. The minimum absolute atomic E-state index is 0.148. The minimum atomic E-state index is -0.928. The summed E-state index contributed by atoms with van der Waals surface area (Å²) < 4.78 is 6.81. The van der Waals surface area contributed by atoms with Gasteiger partial charge >= 0.3 is 5.97 Å². The molecule has 2 rings (SSSR count). The molecule has 21 heavy (non-hydrogen) atoms. The first-order chi connectivity index (χ1) is 9.99. The van der Waals surface area contributed by atoms with Gasteiger partial charge in [0, 0.05) is 13.6 Å². The van der Waals surface area contributed by atoms with Crippen molar-refractivity contribution < 1.29 is 19.4 Å². The first-order valence-electron chi connectivity index (χ1n) is 7.14. The molecule has 116 valence electrons. The van der Waals surface area contributed by atoms with Gasteiger partial charge in [0.15, 0.2) is 0 Å². The summed E-state index contributed by atoms with van der Waals surface area (Å²) in [5.74, 6) is -1.80. The predicted molar refractivity (Wildman–Crippen MR) is 75.0 cm³/mol. The number of rotatable bonds is 5. The molecule has 7 heteroatoms. The van der Waals surface area contributed by atoms with Crippen molar-refractivity contribution in [3.8, 4) is 0 Å². The molecule has 1 aromatic rings. The maximum atomic E-state index is 12.7. The van der Waals surface area contributed by atoms with Gasteiger partial charge in [0.25, 0.3) is 5.91 Å². The van der Waals surface area contributed by atoms with E-state index in [1.54, 1.807) is 22.7 Å². The Morgan fingerprint density at radius 1 is 1.48 bits per heavy atom. The standard InChI is InChI=1S/C14H21N3O4/c1-4-9-6-11(16(3)15-9)13(18)17(5-2)12-8-21-7-10(12)14(19)20/h6,10,12H,4-5,7-8H2,1-3H3,(H,19,20). The van der Waals surface area contributed by atoms with Gasteiger partial charge in [-0.1, -0.05) is 6.92 Å². The van der Waals surface area contributed by atoms with Crippen molar-refractivity contribution >= 4 is 11.9 Å². The summed E-state index contributed by atoms with van der Waals surface area (Å²) >= 11 is 0. The zero-order chi connectivity index (χ0) is 15.6. The van der Waals surface area contributed by atoms with Crippen molar-refractivity contribution in [1.82, 2.24) is 14.7 Å². The van der Waals surface area contributed by atoms with Crippen molar-refractivity contribution in [2.75, 3.05) is 19.8 Å². The van der Waals surface area contributed by atoms with E-state index in [1.807, 2.05) is 13.8 Å². The van der Waals surface area contributed by atoms with E-state index in [9.17, 15) is 14.7 Å². The third-order valence-electron chi connectivity index (χ3n) is 3.88. The molecular weight excluding hydrogens is 274 g/mol. The highest BCUT2D eigenvalue weighted by molar-refractivity contribution is 5.93. The van der Waals surface area contributed by atoms with E-state index in [0.717, 1.165) is 12.1 Å². The van der Waals surface area contributed by atoms with Gasteiger partial charge in [-0.05, 0) is 19.4 Å². The Hall–Kier alpha value is -1.89. The molecule has 0 spiro atoms. The number of carboxylic acids is 1. The Bertz CT molecular complexity index is 540. The first kappa shape index (κ1) is 15.5. The van der Waals surface area contributed by atoms with Gasteiger partial charge in [-0.15, -0.1) is 0 Å². The van der Waals surface area contributed by atoms with Crippen LogP contribution in [0.2, 0.25) is 0 Å². The average molecular weight is 295 g/mol. The Morgan fingerprint density at radius 2 is 2.19 bits per heavy atom. The quantitative estimate of drug-likeness (QED) is 0.857. The second kappa shape index (κ2) is 6.26. The second-order valence-corrected chi connectivity index (χ2v) is 5.14. The Kier molecular flexibility index (Phi) is 4.62. The van der Waals surface area contributed by atoms with Gasteiger partial charge in [0.1, 0.15) is 11.6 Å². The molecule has 1 N–H and O–H groups in total. The number of likely N-dealkylation sites (N-methyl/N-ethyl adjacent to an activating group) is 1.